The zero-order chi connectivity index (χ0) is 15.8. The molecule has 1 rings (SSSR count). The van der Waals surface area contributed by atoms with Gasteiger partial charge >= 0.3 is 0 Å². The standard InChI is InChI=1S/C16H25F3N2/c1-3-5-7-21(8-6-4-2)16(11-20)12-9-14(18)15(19)10-13(12)17/h9-10,16H,3-8,11,20H2,1-2H3. The first kappa shape index (κ1) is 18.0. The number of rotatable bonds is 9. The van der Waals surface area contributed by atoms with E-state index < -0.39 is 23.5 Å². The molecule has 1 atom stereocenters. The average molecular weight is 302 g/mol. The van der Waals surface area contributed by atoms with E-state index in [1.54, 1.807) is 0 Å². The molecule has 1 aromatic carbocycles. The molecule has 0 bridgehead atoms. The Morgan fingerprint density at radius 3 is 1.95 bits per heavy atom. The summed E-state index contributed by atoms with van der Waals surface area (Å²) in [6.45, 7) is 5.88. The summed E-state index contributed by atoms with van der Waals surface area (Å²) in [5, 5.41) is 0. The fourth-order valence-electron chi connectivity index (χ4n) is 2.41. The zero-order valence-electron chi connectivity index (χ0n) is 12.8. The predicted octanol–water partition coefficient (Wildman–Crippen LogP) is 4.01. The van der Waals surface area contributed by atoms with Gasteiger partial charge in [-0.1, -0.05) is 26.7 Å². The highest BCUT2D eigenvalue weighted by molar-refractivity contribution is 5.24. The van der Waals surface area contributed by atoms with E-state index >= 15 is 0 Å². The highest BCUT2D eigenvalue weighted by Gasteiger charge is 2.23. The van der Waals surface area contributed by atoms with Gasteiger partial charge < -0.3 is 5.73 Å². The first-order valence-electron chi connectivity index (χ1n) is 7.63. The Labute approximate surface area is 125 Å². The van der Waals surface area contributed by atoms with Gasteiger partial charge in [0.15, 0.2) is 11.6 Å². The number of nitrogens with zero attached hydrogens (tertiary/aromatic N) is 1. The van der Waals surface area contributed by atoms with Crippen molar-refractivity contribution in [3.05, 3.63) is 35.1 Å². The average Bonchev–Trinajstić information content (AvgIpc) is 2.46. The molecule has 0 aromatic heterocycles. The number of hydrogen-bond donors (Lipinski definition) is 1. The second-order valence-electron chi connectivity index (χ2n) is 5.28. The summed E-state index contributed by atoms with van der Waals surface area (Å²) in [4.78, 5) is 2.07. The molecular weight excluding hydrogens is 277 g/mol. The van der Waals surface area contributed by atoms with Crippen LogP contribution in [0.5, 0.6) is 0 Å². The fourth-order valence-corrected chi connectivity index (χ4v) is 2.41. The molecule has 0 saturated heterocycles. The summed E-state index contributed by atoms with van der Waals surface area (Å²) in [5.74, 6) is -2.93. The van der Waals surface area contributed by atoms with Crippen molar-refractivity contribution in [1.29, 1.82) is 0 Å². The van der Waals surface area contributed by atoms with Crippen LogP contribution >= 0.6 is 0 Å². The fraction of sp³-hybridized carbons (Fsp3) is 0.625. The van der Waals surface area contributed by atoms with Crippen LogP contribution in [0.15, 0.2) is 12.1 Å². The first-order valence-corrected chi connectivity index (χ1v) is 7.63. The molecule has 2 nitrogen and oxygen atoms in total. The van der Waals surface area contributed by atoms with E-state index in [-0.39, 0.29) is 12.1 Å². The Morgan fingerprint density at radius 1 is 0.952 bits per heavy atom. The highest BCUT2D eigenvalue weighted by atomic mass is 19.2. The van der Waals surface area contributed by atoms with Crippen molar-refractivity contribution >= 4 is 0 Å². The van der Waals surface area contributed by atoms with Crippen molar-refractivity contribution in [2.24, 2.45) is 5.73 Å². The van der Waals surface area contributed by atoms with Gasteiger partial charge in [-0.2, -0.15) is 0 Å². The first-order chi connectivity index (χ1) is 10.0. The number of benzene rings is 1. The van der Waals surface area contributed by atoms with Crippen LogP contribution in [-0.2, 0) is 0 Å². The van der Waals surface area contributed by atoms with Crippen molar-refractivity contribution in [2.45, 2.75) is 45.6 Å². The molecular formula is C16H25F3N2. The lowest BCUT2D eigenvalue weighted by Gasteiger charge is -2.31. The maximum absolute atomic E-state index is 14.0. The van der Waals surface area contributed by atoms with Crippen LogP contribution in [0.4, 0.5) is 13.2 Å². The van der Waals surface area contributed by atoms with Crippen LogP contribution in [0, 0.1) is 17.5 Å². The molecule has 0 aliphatic heterocycles. The topological polar surface area (TPSA) is 29.3 Å². The molecule has 2 N–H and O–H groups in total. The number of halogens is 3. The number of hydrogen-bond acceptors (Lipinski definition) is 2. The summed E-state index contributed by atoms with van der Waals surface area (Å²) in [6.07, 6.45) is 3.96. The Hall–Kier alpha value is -1.07. The van der Waals surface area contributed by atoms with Crippen LogP contribution in [-0.4, -0.2) is 24.5 Å². The van der Waals surface area contributed by atoms with E-state index in [0.717, 1.165) is 44.8 Å². The molecule has 0 fully saturated rings. The third-order valence-electron chi connectivity index (χ3n) is 3.66. The Balaban J connectivity index is 3.03. The summed E-state index contributed by atoms with van der Waals surface area (Å²) >= 11 is 0. The van der Waals surface area contributed by atoms with Crippen LogP contribution in [0.1, 0.15) is 51.1 Å². The van der Waals surface area contributed by atoms with Gasteiger partial charge in [0, 0.05) is 18.2 Å². The second kappa shape index (κ2) is 9.05. The molecule has 0 radical (unpaired) electrons. The maximum Gasteiger partial charge on any atom is 0.161 e. The molecule has 0 spiro atoms. The Morgan fingerprint density at radius 2 is 1.48 bits per heavy atom. The molecule has 0 saturated carbocycles. The van der Waals surface area contributed by atoms with Gasteiger partial charge in [-0.25, -0.2) is 13.2 Å². The van der Waals surface area contributed by atoms with E-state index in [9.17, 15) is 13.2 Å². The van der Waals surface area contributed by atoms with Gasteiger partial charge in [0.05, 0.1) is 6.04 Å². The molecule has 1 aromatic rings. The van der Waals surface area contributed by atoms with Gasteiger partial charge in [-0.15, -0.1) is 0 Å². The van der Waals surface area contributed by atoms with Crippen LogP contribution in [0.3, 0.4) is 0 Å². The third-order valence-corrected chi connectivity index (χ3v) is 3.66. The van der Waals surface area contributed by atoms with Gasteiger partial charge in [-0.05, 0) is 32.0 Å². The maximum atomic E-state index is 14.0. The number of nitrogens with two attached hydrogens (primary N) is 1. The van der Waals surface area contributed by atoms with E-state index in [1.807, 2.05) is 0 Å². The summed E-state index contributed by atoms with van der Waals surface area (Å²) in [5.41, 5.74) is 5.92. The number of unbranched alkanes of at least 4 members (excludes halogenated alkanes) is 2. The smallest absolute Gasteiger partial charge is 0.161 e. The monoisotopic (exact) mass is 302 g/mol. The highest BCUT2D eigenvalue weighted by Crippen LogP contribution is 2.25. The second-order valence-corrected chi connectivity index (χ2v) is 5.28. The van der Waals surface area contributed by atoms with E-state index in [2.05, 4.69) is 18.7 Å². The minimum atomic E-state index is -1.17. The van der Waals surface area contributed by atoms with Crippen molar-refractivity contribution in [3.8, 4) is 0 Å². The van der Waals surface area contributed by atoms with Crippen LogP contribution in [0.25, 0.3) is 0 Å². The minimum absolute atomic E-state index is 0.142. The molecule has 0 heterocycles. The lowest BCUT2D eigenvalue weighted by molar-refractivity contribution is 0.191. The summed E-state index contributed by atoms with van der Waals surface area (Å²) in [7, 11) is 0. The van der Waals surface area contributed by atoms with E-state index in [4.69, 9.17) is 5.73 Å². The van der Waals surface area contributed by atoms with Crippen LogP contribution in [0.2, 0.25) is 0 Å². The molecule has 1 unspecified atom stereocenters. The summed E-state index contributed by atoms with van der Waals surface area (Å²) in [6, 6.07) is 1.12. The van der Waals surface area contributed by atoms with E-state index in [0.29, 0.717) is 6.07 Å². The van der Waals surface area contributed by atoms with Gasteiger partial charge in [-0.3, -0.25) is 4.90 Å². The van der Waals surface area contributed by atoms with Gasteiger partial charge in [0.2, 0.25) is 0 Å². The molecule has 0 aliphatic rings. The van der Waals surface area contributed by atoms with Crippen molar-refractivity contribution < 1.29 is 13.2 Å². The normalized spacial score (nSPS) is 12.9. The zero-order valence-corrected chi connectivity index (χ0v) is 12.8. The minimum Gasteiger partial charge on any atom is -0.329 e. The molecule has 120 valence electrons. The Bertz CT molecular complexity index is 430. The van der Waals surface area contributed by atoms with Crippen molar-refractivity contribution in [3.63, 3.8) is 0 Å². The van der Waals surface area contributed by atoms with Crippen molar-refractivity contribution in [2.75, 3.05) is 19.6 Å². The lowest BCUT2D eigenvalue weighted by Crippen LogP contribution is -2.36. The molecule has 0 amide bonds. The summed E-state index contributed by atoms with van der Waals surface area (Å²) < 4.78 is 40.5. The van der Waals surface area contributed by atoms with Gasteiger partial charge in [0.25, 0.3) is 0 Å². The van der Waals surface area contributed by atoms with E-state index in [1.165, 1.54) is 0 Å². The molecule has 21 heavy (non-hydrogen) atoms. The van der Waals surface area contributed by atoms with Crippen molar-refractivity contribution in [1.82, 2.24) is 4.90 Å². The molecule has 5 heteroatoms. The van der Waals surface area contributed by atoms with Gasteiger partial charge in [0.1, 0.15) is 5.82 Å². The third kappa shape index (κ3) is 5.00. The quantitative estimate of drug-likeness (QED) is 0.698. The Kier molecular flexibility index (Phi) is 7.75. The largest absolute Gasteiger partial charge is 0.329 e. The lowest BCUT2D eigenvalue weighted by atomic mass is 10.0. The molecule has 0 aliphatic carbocycles. The SMILES string of the molecule is CCCCN(CCCC)C(CN)c1cc(F)c(F)cc1F. The van der Waals surface area contributed by atoms with Crippen LogP contribution < -0.4 is 5.73 Å². The predicted molar refractivity (Wildman–Crippen MR) is 79.5 cm³/mol.